The maximum absolute atomic E-state index is 12.4. The van der Waals surface area contributed by atoms with E-state index in [4.69, 9.17) is 0 Å². The predicted octanol–water partition coefficient (Wildman–Crippen LogP) is 4.65. The van der Waals surface area contributed by atoms with Crippen molar-refractivity contribution >= 4 is 45.1 Å². The van der Waals surface area contributed by atoms with Crippen LogP contribution < -0.4 is 10.6 Å². The van der Waals surface area contributed by atoms with Crippen LogP contribution in [0.15, 0.2) is 77.3 Å². The minimum atomic E-state index is -1.12. The third-order valence-corrected chi connectivity index (χ3v) is 4.45. The normalized spacial score (nSPS) is 10.2. The van der Waals surface area contributed by atoms with E-state index in [2.05, 4.69) is 26.6 Å². The van der Waals surface area contributed by atoms with Gasteiger partial charge in [-0.05, 0) is 60.7 Å². The molecule has 3 aromatic rings. The molecule has 6 nitrogen and oxygen atoms in total. The van der Waals surface area contributed by atoms with Crippen molar-refractivity contribution in [2.75, 3.05) is 10.6 Å². The van der Waals surface area contributed by atoms with Crippen LogP contribution in [0.25, 0.3) is 0 Å². The lowest BCUT2D eigenvalue weighted by atomic mass is 10.1. The van der Waals surface area contributed by atoms with Gasteiger partial charge in [-0.25, -0.2) is 4.79 Å². The number of carbonyl (C=O) groups excluding carboxylic acids is 2. The number of nitrogens with one attached hydrogen (secondary N) is 2. The Kier molecular flexibility index (Phi) is 5.86. The second-order valence-corrected chi connectivity index (χ2v) is 6.76. The number of halogens is 1. The molecule has 0 saturated heterocycles. The molecular formula is C21H15BrN2O4. The summed E-state index contributed by atoms with van der Waals surface area (Å²) >= 11 is 3.32. The van der Waals surface area contributed by atoms with Gasteiger partial charge >= 0.3 is 5.97 Å². The number of carbonyl (C=O) groups is 3. The molecule has 0 atom stereocenters. The molecule has 0 aliphatic heterocycles. The average molecular weight is 439 g/mol. The van der Waals surface area contributed by atoms with E-state index in [1.807, 2.05) is 0 Å². The van der Waals surface area contributed by atoms with Crippen LogP contribution in [0.1, 0.15) is 31.1 Å². The quantitative estimate of drug-likeness (QED) is 0.539. The number of anilines is 2. The Morgan fingerprint density at radius 1 is 0.714 bits per heavy atom. The van der Waals surface area contributed by atoms with Gasteiger partial charge in [-0.3, -0.25) is 9.59 Å². The first-order valence-corrected chi connectivity index (χ1v) is 9.04. The van der Waals surface area contributed by atoms with E-state index >= 15 is 0 Å². The number of benzene rings is 3. The van der Waals surface area contributed by atoms with Crippen LogP contribution in [-0.4, -0.2) is 22.9 Å². The third kappa shape index (κ3) is 4.63. The summed E-state index contributed by atoms with van der Waals surface area (Å²) in [5, 5.41) is 14.5. The second-order valence-electron chi connectivity index (χ2n) is 5.84. The Bertz CT molecular complexity index is 1030. The summed E-state index contributed by atoms with van der Waals surface area (Å²) in [5.41, 5.74) is 1.61. The molecule has 140 valence electrons. The molecule has 0 unspecified atom stereocenters. The summed E-state index contributed by atoms with van der Waals surface area (Å²) in [6.45, 7) is 0. The fourth-order valence-corrected chi connectivity index (χ4v) is 2.75. The molecule has 3 aromatic carbocycles. The number of hydrogen-bond donors (Lipinski definition) is 3. The van der Waals surface area contributed by atoms with E-state index in [-0.39, 0.29) is 17.2 Å². The summed E-state index contributed by atoms with van der Waals surface area (Å²) in [5.74, 6) is -1.83. The molecule has 3 N–H and O–H groups in total. The van der Waals surface area contributed by atoms with Gasteiger partial charge in [0.15, 0.2) is 0 Å². The van der Waals surface area contributed by atoms with Crippen LogP contribution in [-0.2, 0) is 0 Å². The van der Waals surface area contributed by atoms with Crippen molar-refractivity contribution in [3.8, 4) is 0 Å². The van der Waals surface area contributed by atoms with Gasteiger partial charge in [0.1, 0.15) is 0 Å². The van der Waals surface area contributed by atoms with Crippen molar-refractivity contribution in [3.63, 3.8) is 0 Å². The van der Waals surface area contributed by atoms with Gasteiger partial charge in [0.05, 0.1) is 11.3 Å². The van der Waals surface area contributed by atoms with Crippen LogP contribution in [0.4, 0.5) is 11.4 Å². The largest absolute Gasteiger partial charge is 0.478 e. The van der Waals surface area contributed by atoms with Crippen molar-refractivity contribution in [1.29, 1.82) is 0 Å². The number of amides is 2. The molecular weight excluding hydrogens is 424 g/mol. The highest BCUT2D eigenvalue weighted by atomic mass is 79.9. The zero-order valence-electron chi connectivity index (χ0n) is 14.5. The fourth-order valence-electron chi connectivity index (χ4n) is 2.48. The van der Waals surface area contributed by atoms with Gasteiger partial charge in [0, 0.05) is 21.3 Å². The van der Waals surface area contributed by atoms with E-state index in [1.54, 1.807) is 60.7 Å². The molecule has 2 amide bonds. The van der Waals surface area contributed by atoms with Crippen LogP contribution in [0.2, 0.25) is 0 Å². The third-order valence-electron chi connectivity index (χ3n) is 3.92. The monoisotopic (exact) mass is 438 g/mol. The Labute approximate surface area is 169 Å². The lowest BCUT2D eigenvalue weighted by Crippen LogP contribution is -2.15. The SMILES string of the molecule is O=C(Nc1ccc(C(=O)Nc2ccccc2C(=O)O)cc1)c1ccc(Br)cc1. The maximum Gasteiger partial charge on any atom is 0.337 e. The first kappa shape index (κ1) is 19.3. The number of carboxylic acid groups (broad SMARTS) is 1. The van der Waals surface area contributed by atoms with Crippen molar-refractivity contribution in [1.82, 2.24) is 0 Å². The molecule has 0 aliphatic carbocycles. The van der Waals surface area contributed by atoms with Crippen LogP contribution in [0.3, 0.4) is 0 Å². The number of carboxylic acids is 1. The number of para-hydroxylation sites is 1. The summed E-state index contributed by atoms with van der Waals surface area (Å²) in [7, 11) is 0. The summed E-state index contributed by atoms with van der Waals surface area (Å²) in [6, 6.07) is 19.4. The van der Waals surface area contributed by atoms with Crippen LogP contribution >= 0.6 is 15.9 Å². The van der Waals surface area contributed by atoms with E-state index in [0.29, 0.717) is 16.8 Å². The highest BCUT2D eigenvalue weighted by molar-refractivity contribution is 9.10. The Morgan fingerprint density at radius 2 is 1.25 bits per heavy atom. The van der Waals surface area contributed by atoms with Crippen molar-refractivity contribution in [3.05, 3.63) is 94.0 Å². The van der Waals surface area contributed by atoms with Crippen LogP contribution in [0.5, 0.6) is 0 Å². The number of rotatable bonds is 5. The molecule has 0 bridgehead atoms. The molecule has 0 spiro atoms. The van der Waals surface area contributed by atoms with Crippen molar-refractivity contribution in [2.45, 2.75) is 0 Å². The first-order chi connectivity index (χ1) is 13.4. The first-order valence-electron chi connectivity index (χ1n) is 8.25. The van der Waals surface area contributed by atoms with Gasteiger partial charge in [0.25, 0.3) is 11.8 Å². The molecule has 28 heavy (non-hydrogen) atoms. The standard InChI is InChI=1S/C21H15BrN2O4/c22-15-9-5-13(6-10-15)19(25)23-16-11-7-14(8-12-16)20(26)24-18-4-2-1-3-17(18)21(27)28/h1-12H,(H,23,25)(H,24,26)(H,27,28). The Morgan fingerprint density at radius 3 is 1.86 bits per heavy atom. The predicted molar refractivity (Wildman–Crippen MR) is 110 cm³/mol. The summed E-state index contributed by atoms with van der Waals surface area (Å²) < 4.78 is 0.879. The molecule has 0 fully saturated rings. The molecule has 0 heterocycles. The Hall–Kier alpha value is -3.45. The summed E-state index contributed by atoms with van der Waals surface area (Å²) in [4.78, 5) is 35.8. The van der Waals surface area contributed by atoms with Gasteiger partial charge < -0.3 is 15.7 Å². The molecule has 7 heteroatoms. The summed E-state index contributed by atoms with van der Waals surface area (Å²) in [6.07, 6.45) is 0. The van der Waals surface area contributed by atoms with E-state index < -0.39 is 11.9 Å². The molecule has 0 radical (unpaired) electrons. The highest BCUT2D eigenvalue weighted by Gasteiger charge is 2.13. The van der Waals surface area contributed by atoms with E-state index in [9.17, 15) is 19.5 Å². The fraction of sp³-hybridized carbons (Fsp3) is 0. The second kappa shape index (κ2) is 8.49. The zero-order chi connectivity index (χ0) is 20.1. The van der Waals surface area contributed by atoms with Gasteiger partial charge in [-0.1, -0.05) is 28.1 Å². The minimum absolute atomic E-state index is 0.00855. The maximum atomic E-state index is 12.4. The lowest BCUT2D eigenvalue weighted by molar-refractivity contribution is 0.0697. The topological polar surface area (TPSA) is 95.5 Å². The molecule has 0 aliphatic rings. The van der Waals surface area contributed by atoms with Gasteiger partial charge in [-0.2, -0.15) is 0 Å². The zero-order valence-corrected chi connectivity index (χ0v) is 16.1. The van der Waals surface area contributed by atoms with Gasteiger partial charge in [0.2, 0.25) is 0 Å². The van der Waals surface area contributed by atoms with Gasteiger partial charge in [-0.15, -0.1) is 0 Å². The lowest BCUT2D eigenvalue weighted by Gasteiger charge is -2.09. The van der Waals surface area contributed by atoms with Crippen LogP contribution in [0, 0.1) is 0 Å². The van der Waals surface area contributed by atoms with Crippen molar-refractivity contribution < 1.29 is 19.5 Å². The molecule has 0 saturated carbocycles. The number of hydrogen-bond acceptors (Lipinski definition) is 3. The molecule has 0 aromatic heterocycles. The number of aromatic carboxylic acids is 1. The highest BCUT2D eigenvalue weighted by Crippen LogP contribution is 2.18. The molecule has 3 rings (SSSR count). The van der Waals surface area contributed by atoms with E-state index in [0.717, 1.165) is 4.47 Å². The van der Waals surface area contributed by atoms with E-state index in [1.165, 1.54) is 12.1 Å². The van der Waals surface area contributed by atoms with Crippen molar-refractivity contribution in [2.24, 2.45) is 0 Å². The Balaban J connectivity index is 1.68. The average Bonchev–Trinajstić information content (AvgIpc) is 2.69. The smallest absolute Gasteiger partial charge is 0.337 e. The minimum Gasteiger partial charge on any atom is -0.478 e.